The van der Waals surface area contributed by atoms with Gasteiger partial charge in [-0.2, -0.15) is 0 Å². The molecule has 1 aliphatic carbocycles. The fraction of sp³-hybridized carbons (Fsp3) is 0.583. The lowest BCUT2D eigenvalue weighted by molar-refractivity contribution is 0.618. The minimum absolute atomic E-state index is 0.368. The Morgan fingerprint density at radius 2 is 1.93 bits per heavy atom. The summed E-state index contributed by atoms with van der Waals surface area (Å²) in [4.78, 5) is 4.35. The summed E-state index contributed by atoms with van der Waals surface area (Å²) in [5.41, 5.74) is 3.66. The first kappa shape index (κ1) is 10.7. The van der Waals surface area contributed by atoms with Crippen molar-refractivity contribution in [2.75, 3.05) is 17.7 Å². The Morgan fingerprint density at radius 1 is 1.33 bits per heavy atom. The van der Waals surface area contributed by atoms with Gasteiger partial charge in [0, 0.05) is 34.9 Å². The highest BCUT2D eigenvalue weighted by molar-refractivity contribution is 6.18. The van der Waals surface area contributed by atoms with Crippen molar-refractivity contribution in [1.82, 2.24) is 4.98 Å². The number of pyridine rings is 1. The van der Waals surface area contributed by atoms with E-state index in [0.717, 1.165) is 29.5 Å². The highest BCUT2D eigenvalue weighted by Gasteiger charge is 2.41. The number of anilines is 1. The van der Waals surface area contributed by atoms with E-state index in [1.165, 1.54) is 12.8 Å². The van der Waals surface area contributed by atoms with Crippen molar-refractivity contribution >= 4 is 17.3 Å². The Morgan fingerprint density at radius 3 is 2.40 bits per heavy atom. The molecule has 0 amide bonds. The number of hydrogen-bond acceptors (Lipinski definition) is 2. The summed E-state index contributed by atoms with van der Waals surface area (Å²) in [6, 6.07) is 4.16. The van der Waals surface area contributed by atoms with E-state index in [0.29, 0.717) is 5.41 Å². The number of rotatable bonds is 4. The molecular formula is C12H17ClN2. The second-order valence-electron chi connectivity index (χ2n) is 4.63. The molecule has 0 radical (unpaired) electrons. The molecule has 1 fully saturated rings. The fourth-order valence-electron chi connectivity index (χ4n) is 1.76. The fourth-order valence-corrected chi connectivity index (χ4v) is 2.12. The van der Waals surface area contributed by atoms with Crippen LogP contribution < -0.4 is 5.32 Å². The van der Waals surface area contributed by atoms with Gasteiger partial charge in [-0.1, -0.05) is 0 Å². The minimum Gasteiger partial charge on any atom is -0.384 e. The molecule has 2 nitrogen and oxygen atoms in total. The number of aryl methyl sites for hydroxylation is 2. The average Bonchev–Trinajstić information content (AvgIpc) is 2.94. The molecule has 0 aliphatic heterocycles. The number of alkyl halides is 1. The van der Waals surface area contributed by atoms with Crippen molar-refractivity contribution < 1.29 is 0 Å². The zero-order chi connectivity index (χ0) is 10.9. The lowest BCUT2D eigenvalue weighted by atomic mass is 10.1. The topological polar surface area (TPSA) is 24.9 Å². The first-order valence-corrected chi connectivity index (χ1v) is 5.92. The normalized spacial score (nSPS) is 17.5. The average molecular weight is 225 g/mol. The maximum atomic E-state index is 5.93. The van der Waals surface area contributed by atoms with Crippen LogP contribution in [-0.2, 0) is 0 Å². The molecule has 1 saturated carbocycles. The van der Waals surface area contributed by atoms with Gasteiger partial charge in [-0.05, 0) is 38.8 Å². The zero-order valence-corrected chi connectivity index (χ0v) is 10.1. The van der Waals surface area contributed by atoms with Gasteiger partial charge in [0.25, 0.3) is 0 Å². The second kappa shape index (κ2) is 4.01. The van der Waals surface area contributed by atoms with Crippen molar-refractivity contribution in [3.05, 3.63) is 23.5 Å². The van der Waals surface area contributed by atoms with Crippen molar-refractivity contribution in [3.63, 3.8) is 0 Å². The van der Waals surface area contributed by atoms with E-state index in [4.69, 9.17) is 11.6 Å². The molecule has 2 rings (SSSR count). The molecule has 0 spiro atoms. The van der Waals surface area contributed by atoms with Gasteiger partial charge in [0.15, 0.2) is 0 Å². The molecular weight excluding hydrogens is 208 g/mol. The van der Waals surface area contributed by atoms with E-state index in [1.807, 2.05) is 13.8 Å². The molecule has 3 heteroatoms. The van der Waals surface area contributed by atoms with E-state index in [-0.39, 0.29) is 0 Å². The van der Waals surface area contributed by atoms with Gasteiger partial charge in [0.05, 0.1) is 0 Å². The Labute approximate surface area is 96.1 Å². The van der Waals surface area contributed by atoms with E-state index >= 15 is 0 Å². The van der Waals surface area contributed by atoms with Gasteiger partial charge in [0.1, 0.15) is 0 Å². The van der Waals surface area contributed by atoms with Gasteiger partial charge < -0.3 is 5.32 Å². The van der Waals surface area contributed by atoms with Crippen LogP contribution >= 0.6 is 11.6 Å². The van der Waals surface area contributed by atoms with Crippen LogP contribution in [0, 0.1) is 19.3 Å². The Bertz CT molecular complexity index is 338. The lowest BCUT2D eigenvalue weighted by Gasteiger charge is -2.14. The van der Waals surface area contributed by atoms with Gasteiger partial charge in [-0.25, -0.2) is 0 Å². The molecule has 0 unspecified atom stereocenters. The number of halogens is 1. The zero-order valence-electron chi connectivity index (χ0n) is 9.31. The van der Waals surface area contributed by atoms with Crippen LogP contribution in [0.2, 0.25) is 0 Å². The van der Waals surface area contributed by atoms with Crippen LogP contribution in [0.1, 0.15) is 24.2 Å². The van der Waals surface area contributed by atoms with E-state index in [2.05, 4.69) is 22.4 Å². The number of aromatic nitrogens is 1. The maximum absolute atomic E-state index is 5.93. The molecule has 0 aromatic carbocycles. The van der Waals surface area contributed by atoms with Crippen LogP contribution in [-0.4, -0.2) is 17.4 Å². The SMILES string of the molecule is Cc1cc(NCC2(CCl)CC2)cc(C)n1. The summed E-state index contributed by atoms with van der Waals surface area (Å²) in [5.74, 6) is 0.767. The highest BCUT2D eigenvalue weighted by Crippen LogP contribution is 2.46. The summed E-state index contributed by atoms with van der Waals surface area (Å²) in [6.07, 6.45) is 2.51. The number of nitrogens with one attached hydrogen (secondary N) is 1. The number of nitrogens with zero attached hydrogens (tertiary/aromatic N) is 1. The molecule has 1 aromatic heterocycles. The molecule has 1 aromatic rings. The van der Waals surface area contributed by atoms with Crippen LogP contribution in [0.4, 0.5) is 5.69 Å². The van der Waals surface area contributed by atoms with Crippen molar-refractivity contribution in [2.45, 2.75) is 26.7 Å². The van der Waals surface area contributed by atoms with Crippen LogP contribution in [0.15, 0.2) is 12.1 Å². The predicted octanol–water partition coefficient (Wildman–Crippen LogP) is 3.13. The first-order valence-electron chi connectivity index (χ1n) is 5.39. The van der Waals surface area contributed by atoms with Crippen molar-refractivity contribution in [3.8, 4) is 0 Å². The molecule has 0 saturated heterocycles. The molecule has 0 bridgehead atoms. The third-order valence-corrected chi connectivity index (χ3v) is 3.56. The monoisotopic (exact) mass is 224 g/mol. The van der Waals surface area contributed by atoms with Crippen LogP contribution in [0.5, 0.6) is 0 Å². The Hall–Kier alpha value is -0.760. The van der Waals surface area contributed by atoms with Crippen molar-refractivity contribution in [2.24, 2.45) is 5.41 Å². The highest BCUT2D eigenvalue weighted by atomic mass is 35.5. The Kier molecular flexibility index (Phi) is 2.87. The van der Waals surface area contributed by atoms with Gasteiger partial charge in [-0.15, -0.1) is 11.6 Å². The second-order valence-corrected chi connectivity index (χ2v) is 4.89. The predicted molar refractivity (Wildman–Crippen MR) is 64.6 cm³/mol. The third kappa shape index (κ3) is 2.63. The summed E-state index contributed by atoms with van der Waals surface area (Å²) in [7, 11) is 0. The maximum Gasteiger partial charge on any atom is 0.0396 e. The molecule has 15 heavy (non-hydrogen) atoms. The quantitative estimate of drug-likeness (QED) is 0.795. The summed E-state index contributed by atoms with van der Waals surface area (Å²) in [5, 5.41) is 3.46. The smallest absolute Gasteiger partial charge is 0.0396 e. The van der Waals surface area contributed by atoms with E-state index in [1.54, 1.807) is 0 Å². The molecule has 0 atom stereocenters. The van der Waals surface area contributed by atoms with Gasteiger partial charge in [-0.3, -0.25) is 4.98 Å². The van der Waals surface area contributed by atoms with Crippen molar-refractivity contribution in [1.29, 1.82) is 0 Å². The lowest BCUT2D eigenvalue weighted by Crippen LogP contribution is -2.17. The minimum atomic E-state index is 0.368. The molecule has 1 aliphatic rings. The molecule has 82 valence electrons. The van der Waals surface area contributed by atoms with E-state index in [9.17, 15) is 0 Å². The largest absolute Gasteiger partial charge is 0.384 e. The third-order valence-electron chi connectivity index (χ3n) is 2.99. The van der Waals surface area contributed by atoms with Gasteiger partial charge >= 0.3 is 0 Å². The van der Waals surface area contributed by atoms with Crippen LogP contribution in [0.25, 0.3) is 0 Å². The summed E-state index contributed by atoms with van der Waals surface area (Å²) >= 11 is 5.93. The standard InChI is InChI=1S/C12H17ClN2/c1-9-5-11(6-10(2)15-9)14-8-12(7-13)3-4-12/h5-6H,3-4,7-8H2,1-2H3,(H,14,15). The van der Waals surface area contributed by atoms with Gasteiger partial charge in [0.2, 0.25) is 0 Å². The molecule has 1 N–H and O–H groups in total. The summed E-state index contributed by atoms with van der Waals surface area (Å²) in [6.45, 7) is 5.03. The Balaban J connectivity index is 1.99. The van der Waals surface area contributed by atoms with Crippen LogP contribution in [0.3, 0.4) is 0 Å². The number of hydrogen-bond donors (Lipinski definition) is 1. The summed E-state index contributed by atoms with van der Waals surface area (Å²) < 4.78 is 0. The van der Waals surface area contributed by atoms with E-state index < -0.39 is 0 Å². The molecule has 1 heterocycles. The first-order chi connectivity index (χ1) is 7.13.